The molecule has 1 fully saturated rings. The van der Waals surface area contributed by atoms with Crippen LogP contribution >= 0.6 is 0 Å². The lowest BCUT2D eigenvalue weighted by Crippen LogP contribution is -2.45. The molecule has 1 saturated heterocycles. The molecule has 0 spiro atoms. The summed E-state index contributed by atoms with van der Waals surface area (Å²) < 4.78 is 10.8. The van der Waals surface area contributed by atoms with Crippen LogP contribution in [0.15, 0.2) is 24.3 Å². The molecule has 4 heteroatoms. The second-order valence-corrected chi connectivity index (χ2v) is 5.04. The van der Waals surface area contributed by atoms with Crippen molar-refractivity contribution in [1.29, 1.82) is 0 Å². The predicted octanol–water partition coefficient (Wildman–Crippen LogP) is 1.25. The fourth-order valence-electron chi connectivity index (χ4n) is 2.44. The molecule has 0 saturated carbocycles. The monoisotopic (exact) mass is 264 g/mol. The first-order chi connectivity index (χ1) is 9.31. The number of hydrogen-bond acceptors (Lipinski definition) is 4. The number of ether oxygens (including phenoxy) is 2. The summed E-state index contributed by atoms with van der Waals surface area (Å²) in [5.74, 6) is 0. The Morgan fingerprint density at radius 2 is 2.05 bits per heavy atom. The van der Waals surface area contributed by atoms with Gasteiger partial charge in [-0.1, -0.05) is 24.3 Å². The highest BCUT2D eigenvalue weighted by Gasteiger charge is 2.19. The summed E-state index contributed by atoms with van der Waals surface area (Å²) in [5.41, 5.74) is 2.58. The van der Waals surface area contributed by atoms with Gasteiger partial charge in [0.25, 0.3) is 0 Å². The lowest BCUT2D eigenvalue weighted by molar-refractivity contribution is -0.0291. The second kappa shape index (κ2) is 7.60. The van der Waals surface area contributed by atoms with Gasteiger partial charge in [-0.15, -0.1) is 0 Å². The Labute approximate surface area is 115 Å². The van der Waals surface area contributed by atoms with Gasteiger partial charge in [-0.3, -0.25) is 4.90 Å². The minimum atomic E-state index is 0.312. The molecule has 1 atom stereocenters. The molecule has 1 unspecified atom stereocenters. The molecular formula is C15H24N2O2. The van der Waals surface area contributed by atoms with Gasteiger partial charge < -0.3 is 14.8 Å². The van der Waals surface area contributed by atoms with Crippen LogP contribution in [0, 0.1) is 0 Å². The maximum Gasteiger partial charge on any atom is 0.0826 e. The lowest BCUT2D eigenvalue weighted by atomic mass is 10.1. The quantitative estimate of drug-likeness (QED) is 0.838. The number of methoxy groups -OCH3 is 1. The second-order valence-electron chi connectivity index (χ2n) is 5.04. The van der Waals surface area contributed by atoms with Crippen molar-refractivity contribution >= 4 is 0 Å². The van der Waals surface area contributed by atoms with Gasteiger partial charge in [-0.25, -0.2) is 0 Å². The fraction of sp³-hybridized carbons (Fsp3) is 0.600. The third kappa shape index (κ3) is 4.58. The van der Waals surface area contributed by atoms with Crippen molar-refractivity contribution in [2.75, 3.05) is 40.4 Å². The summed E-state index contributed by atoms with van der Waals surface area (Å²) in [4.78, 5) is 2.46. The van der Waals surface area contributed by atoms with E-state index >= 15 is 0 Å². The smallest absolute Gasteiger partial charge is 0.0826 e. The standard InChI is InChI=1S/C15H24N2O2/c1-16-9-15-11-17(7-8-19-15)10-13-3-5-14(6-4-13)12-18-2/h3-6,15-16H,7-12H2,1-2H3. The maximum absolute atomic E-state index is 5.72. The minimum absolute atomic E-state index is 0.312. The fourth-order valence-corrected chi connectivity index (χ4v) is 2.44. The van der Waals surface area contributed by atoms with Crippen molar-refractivity contribution in [1.82, 2.24) is 10.2 Å². The van der Waals surface area contributed by atoms with E-state index in [-0.39, 0.29) is 0 Å². The molecule has 0 amide bonds. The molecule has 106 valence electrons. The number of morpholine rings is 1. The van der Waals surface area contributed by atoms with E-state index in [2.05, 4.69) is 34.5 Å². The lowest BCUT2D eigenvalue weighted by Gasteiger charge is -2.32. The average molecular weight is 264 g/mol. The Balaban J connectivity index is 1.85. The zero-order chi connectivity index (χ0) is 13.5. The Bertz CT molecular complexity index is 365. The van der Waals surface area contributed by atoms with Crippen LogP contribution in [0.4, 0.5) is 0 Å². The van der Waals surface area contributed by atoms with Gasteiger partial charge >= 0.3 is 0 Å². The number of nitrogens with zero attached hydrogens (tertiary/aromatic N) is 1. The Kier molecular flexibility index (Phi) is 5.79. The van der Waals surface area contributed by atoms with Crippen LogP contribution in [0.3, 0.4) is 0 Å². The molecule has 1 aromatic carbocycles. The van der Waals surface area contributed by atoms with Crippen LogP contribution in [-0.2, 0) is 22.6 Å². The van der Waals surface area contributed by atoms with Gasteiger partial charge in [-0.2, -0.15) is 0 Å². The third-order valence-electron chi connectivity index (χ3n) is 3.39. The van der Waals surface area contributed by atoms with Crippen LogP contribution in [0.5, 0.6) is 0 Å². The van der Waals surface area contributed by atoms with Crippen molar-refractivity contribution < 1.29 is 9.47 Å². The first-order valence-electron chi connectivity index (χ1n) is 6.87. The van der Waals surface area contributed by atoms with E-state index in [0.29, 0.717) is 12.7 Å². The summed E-state index contributed by atoms with van der Waals surface area (Å²) in [6.45, 7) is 5.44. The number of nitrogens with one attached hydrogen (secondary N) is 1. The molecule has 0 bridgehead atoms. The number of benzene rings is 1. The SMILES string of the molecule is CNCC1CN(Cc2ccc(COC)cc2)CCO1. The summed E-state index contributed by atoms with van der Waals surface area (Å²) in [7, 11) is 3.69. The average Bonchev–Trinajstić information content (AvgIpc) is 2.42. The van der Waals surface area contributed by atoms with Crippen molar-refractivity contribution in [3.05, 3.63) is 35.4 Å². The third-order valence-corrected chi connectivity index (χ3v) is 3.39. The first-order valence-corrected chi connectivity index (χ1v) is 6.87. The molecule has 1 aromatic rings. The molecule has 19 heavy (non-hydrogen) atoms. The number of rotatable bonds is 6. The largest absolute Gasteiger partial charge is 0.380 e. The molecule has 0 radical (unpaired) electrons. The van der Waals surface area contributed by atoms with Gasteiger partial charge in [0.15, 0.2) is 0 Å². The van der Waals surface area contributed by atoms with Crippen LogP contribution in [-0.4, -0.2) is 51.4 Å². The first kappa shape index (κ1) is 14.5. The summed E-state index contributed by atoms with van der Waals surface area (Å²) in [5, 5.41) is 3.18. The predicted molar refractivity (Wildman–Crippen MR) is 76.1 cm³/mol. The van der Waals surface area contributed by atoms with E-state index < -0.39 is 0 Å². The number of hydrogen-bond donors (Lipinski definition) is 1. The normalized spacial score (nSPS) is 20.6. The van der Waals surface area contributed by atoms with Gasteiger partial charge in [0.2, 0.25) is 0 Å². The van der Waals surface area contributed by atoms with E-state index in [1.54, 1.807) is 7.11 Å². The van der Waals surface area contributed by atoms with Crippen molar-refractivity contribution in [3.63, 3.8) is 0 Å². The Morgan fingerprint density at radius 1 is 1.32 bits per heavy atom. The van der Waals surface area contributed by atoms with E-state index in [9.17, 15) is 0 Å². The molecule has 4 nitrogen and oxygen atoms in total. The van der Waals surface area contributed by atoms with E-state index in [1.165, 1.54) is 11.1 Å². The molecule has 1 N–H and O–H groups in total. The van der Waals surface area contributed by atoms with Crippen LogP contribution in [0.2, 0.25) is 0 Å². The molecule has 0 aliphatic carbocycles. The molecular weight excluding hydrogens is 240 g/mol. The van der Waals surface area contributed by atoms with Crippen molar-refractivity contribution in [2.45, 2.75) is 19.3 Å². The number of likely N-dealkylation sites (N-methyl/N-ethyl adjacent to an activating group) is 1. The summed E-state index contributed by atoms with van der Waals surface area (Å²) >= 11 is 0. The highest BCUT2D eigenvalue weighted by molar-refractivity contribution is 5.22. The molecule has 1 aliphatic heterocycles. The highest BCUT2D eigenvalue weighted by atomic mass is 16.5. The summed E-state index contributed by atoms with van der Waals surface area (Å²) in [6, 6.07) is 8.67. The zero-order valence-corrected chi connectivity index (χ0v) is 11.9. The molecule has 1 aliphatic rings. The van der Waals surface area contributed by atoms with Crippen LogP contribution in [0.1, 0.15) is 11.1 Å². The Hall–Kier alpha value is -0.940. The van der Waals surface area contributed by atoms with Crippen molar-refractivity contribution in [2.24, 2.45) is 0 Å². The van der Waals surface area contributed by atoms with Gasteiger partial charge in [0.05, 0.1) is 19.3 Å². The van der Waals surface area contributed by atoms with E-state index in [4.69, 9.17) is 9.47 Å². The minimum Gasteiger partial charge on any atom is -0.380 e. The summed E-state index contributed by atoms with van der Waals surface area (Å²) in [6.07, 6.45) is 0.312. The van der Waals surface area contributed by atoms with Gasteiger partial charge in [0, 0.05) is 33.3 Å². The zero-order valence-electron chi connectivity index (χ0n) is 11.9. The molecule has 1 heterocycles. The van der Waals surface area contributed by atoms with Gasteiger partial charge in [0.1, 0.15) is 0 Å². The van der Waals surface area contributed by atoms with Crippen molar-refractivity contribution in [3.8, 4) is 0 Å². The van der Waals surface area contributed by atoms with Crippen LogP contribution in [0.25, 0.3) is 0 Å². The van der Waals surface area contributed by atoms with E-state index in [1.807, 2.05) is 7.05 Å². The molecule has 2 rings (SSSR count). The van der Waals surface area contributed by atoms with E-state index in [0.717, 1.165) is 32.8 Å². The Morgan fingerprint density at radius 3 is 2.74 bits per heavy atom. The van der Waals surface area contributed by atoms with Gasteiger partial charge in [-0.05, 0) is 18.2 Å². The topological polar surface area (TPSA) is 33.7 Å². The van der Waals surface area contributed by atoms with Crippen LogP contribution < -0.4 is 5.32 Å². The highest BCUT2D eigenvalue weighted by Crippen LogP contribution is 2.12. The maximum atomic E-state index is 5.72. The molecule has 0 aromatic heterocycles.